The molecule has 1 fully saturated rings. The smallest absolute Gasteiger partial charge is 0.416 e. The zero-order chi connectivity index (χ0) is 34.1. The average Bonchev–Trinajstić information content (AvgIpc) is 3.79. The fraction of sp³-hybridized carbons (Fsp3) is 0.500. The van der Waals surface area contributed by atoms with Crippen molar-refractivity contribution in [1.29, 1.82) is 0 Å². The monoisotopic (exact) mass is 674 g/mol. The molecule has 2 amide bonds. The second-order valence-electron chi connectivity index (χ2n) is 12.7. The zero-order valence-electron chi connectivity index (χ0n) is 25.6. The Morgan fingerprint density at radius 2 is 1.54 bits per heavy atom. The molecule has 0 aromatic heterocycles. The third-order valence-electron chi connectivity index (χ3n) is 8.03. The van der Waals surface area contributed by atoms with Crippen molar-refractivity contribution in [2.24, 2.45) is 0 Å². The summed E-state index contributed by atoms with van der Waals surface area (Å²) in [7, 11) is -4.12. The van der Waals surface area contributed by atoms with Crippen LogP contribution < -0.4 is 14.8 Å². The predicted octanol–water partition coefficient (Wildman–Crippen LogP) is 6.83. The Hall–Kier alpha value is -3.55. The molecular formula is C32H36F6N2O5S. The Labute approximate surface area is 263 Å². The van der Waals surface area contributed by atoms with Crippen LogP contribution in [0.3, 0.4) is 0 Å². The lowest BCUT2D eigenvalue weighted by Gasteiger charge is -2.41. The summed E-state index contributed by atoms with van der Waals surface area (Å²) in [5.41, 5.74) is -3.66. The minimum atomic E-state index is -5.07. The number of carbonyl (C=O) groups is 2. The van der Waals surface area contributed by atoms with Gasteiger partial charge in [0.2, 0.25) is 10.0 Å². The highest BCUT2D eigenvalue weighted by Crippen LogP contribution is 2.49. The van der Waals surface area contributed by atoms with Crippen LogP contribution in [0.4, 0.5) is 26.3 Å². The Balaban J connectivity index is 1.67. The molecule has 0 bridgehead atoms. The van der Waals surface area contributed by atoms with Gasteiger partial charge in [-0.15, -0.1) is 0 Å². The van der Waals surface area contributed by atoms with Crippen molar-refractivity contribution in [3.8, 4) is 5.75 Å². The molecule has 0 saturated heterocycles. The quantitative estimate of drug-likeness (QED) is 0.155. The van der Waals surface area contributed by atoms with Gasteiger partial charge in [-0.2, -0.15) is 26.3 Å². The standard InChI is InChI=1S/C32H36F6N2O5S/c1-29(2,3)21-9-7-20(8-10-21)25-19-30(32(36,37)38,39-27(41)26(25)28(42)40-46(43,44)24-15-16-24)22-11-13-23(14-12-22)45-18-6-4-5-17-31(33,34)35/h7-14,24H,4-6,15-19H2,1-3H3,(H,39,41)(H,40,42). The number of hydrogen-bond acceptors (Lipinski definition) is 5. The van der Waals surface area contributed by atoms with Crippen LogP contribution in [0, 0.1) is 0 Å². The molecule has 0 spiro atoms. The number of carbonyl (C=O) groups excluding carboxylic acids is 2. The number of alkyl halides is 6. The normalized spacial score (nSPS) is 19.5. The number of sulfonamides is 1. The van der Waals surface area contributed by atoms with E-state index in [9.17, 15) is 31.2 Å². The first-order valence-corrected chi connectivity index (χ1v) is 16.4. The van der Waals surface area contributed by atoms with E-state index in [0.717, 1.165) is 17.7 Å². The van der Waals surface area contributed by atoms with E-state index in [2.05, 4.69) is 0 Å². The molecule has 7 nitrogen and oxygen atoms in total. The fourth-order valence-corrected chi connectivity index (χ4v) is 6.51. The van der Waals surface area contributed by atoms with Crippen LogP contribution in [0.5, 0.6) is 5.75 Å². The van der Waals surface area contributed by atoms with Crippen LogP contribution in [-0.4, -0.2) is 44.4 Å². The molecule has 2 aromatic rings. The van der Waals surface area contributed by atoms with E-state index in [4.69, 9.17) is 4.74 Å². The molecule has 1 heterocycles. The molecule has 1 saturated carbocycles. The molecule has 2 aliphatic rings. The summed E-state index contributed by atoms with van der Waals surface area (Å²) in [6.45, 7) is 5.87. The number of amides is 2. The fourth-order valence-electron chi connectivity index (χ4n) is 5.23. The van der Waals surface area contributed by atoms with Gasteiger partial charge in [-0.25, -0.2) is 13.1 Å². The van der Waals surface area contributed by atoms with Gasteiger partial charge in [0.25, 0.3) is 11.8 Å². The molecule has 1 aliphatic carbocycles. The Morgan fingerprint density at radius 1 is 0.935 bits per heavy atom. The van der Waals surface area contributed by atoms with Gasteiger partial charge < -0.3 is 10.1 Å². The number of nitrogens with one attached hydrogen (secondary N) is 2. The second kappa shape index (κ2) is 12.9. The molecule has 2 N–H and O–H groups in total. The molecule has 252 valence electrons. The number of halogens is 6. The summed E-state index contributed by atoms with van der Waals surface area (Å²) in [4.78, 5) is 26.8. The maximum Gasteiger partial charge on any atom is 0.416 e. The number of benzene rings is 2. The Bertz CT molecular complexity index is 1570. The Kier molecular flexibility index (Phi) is 9.92. The van der Waals surface area contributed by atoms with Gasteiger partial charge in [0.1, 0.15) is 11.3 Å². The highest BCUT2D eigenvalue weighted by atomic mass is 32.2. The highest BCUT2D eigenvalue weighted by Gasteiger charge is 2.60. The first-order chi connectivity index (χ1) is 21.2. The van der Waals surface area contributed by atoms with Crippen molar-refractivity contribution in [3.63, 3.8) is 0 Å². The van der Waals surface area contributed by atoms with Gasteiger partial charge in [0, 0.05) is 12.8 Å². The third-order valence-corrected chi connectivity index (χ3v) is 9.85. The summed E-state index contributed by atoms with van der Waals surface area (Å²) < 4.78 is 114. The molecule has 0 radical (unpaired) electrons. The van der Waals surface area contributed by atoms with E-state index in [0.29, 0.717) is 19.3 Å². The van der Waals surface area contributed by atoms with Crippen LogP contribution in [0.1, 0.15) is 82.4 Å². The third kappa shape index (κ3) is 8.23. The lowest BCUT2D eigenvalue weighted by molar-refractivity contribution is -0.201. The highest BCUT2D eigenvalue weighted by molar-refractivity contribution is 7.91. The van der Waals surface area contributed by atoms with E-state index in [1.54, 1.807) is 12.1 Å². The largest absolute Gasteiger partial charge is 0.494 e. The van der Waals surface area contributed by atoms with E-state index >= 15 is 13.2 Å². The molecule has 4 rings (SSSR count). The van der Waals surface area contributed by atoms with Gasteiger partial charge in [-0.1, -0.05) is 57.2 Å². The van der Waals surface area contributed by atoms with Crippen LogP contribution in [0.2, 0.25) is 0 Å². The van der Waals surface area contributed by atoms with Gasteiger partial charge >= 0.3 is 12.4 Å². The minimum Gasteiger partial charge on any atom is -0.494 e. The molecule has 46 heavy (non-hydrogen) atoms. The topological polar surface area (TPSA) is 102 Å². The van der Waals surface area contributed by atoms with Crippen LogP contribution in [0.15, 0.2) is 54.1 Å². The first-order valence-electron chi connectivity index (χ1n) is 14.8. The predicted molar refractivity (Wildman–Crippen MR) is 159 cm³/mol. The first kappa shape index (κ1) is 35.3. The summed E-state index contributed by atoms with van der Waals surface area (Å²) >= 11 is 0. The van der Waals surface area contributed by atoms with Crippen LogP contribution in [0.25, 0.3) is 5.57 Å². The van der Waals surface area contributed by atoms with Crippen LogP contribution in [-0.2, 0) is 30.6 Å². The molecule has 14 heteroatoms. The average molecular weight is 675 g/mol. The lowest BCUT2D eigenvalue weighted by Crippen LogP contribution is -2.60. The summed E-state index contributed by atoms with van der Waals surface area (Å²) in [6, 6.07) is 11.1. The summed E-state index contributed by atoms with van der Waals surface area (Å²) in [6.07, 6.45) is -10.00. The van der Waals surface area contributed by atoms with Gasteiger partial charge in [-0.3, -0.25) is 9.59 Å². The van der Waals surface area contributed by atoms with Gasteiger partial charge in [0.05, 0.1) is 11.9 Å². The maximum atomic E-state index is 15.0. The van der Waals surface area contributed by atoms with Crippen molar-refractivity contribution >= 4 is 27.4 Å². The summed E-state index contributed by atoms with van der Waals surface area (Å²) in [5, 5.41) is 1.16. The van der Waals surface area contributed by atoms with Crippen molar-refractivity contribution < 1.29 is 49.1 Å². The zero-order valence-corrected chi connectivity index (χ0v) is 26.4. The Morgan fingerprint density at radius 3 is 2.07 bits per heavy atom. The number of hydrogen-bond donors (Lipinski definition) is 2. The number of unbranched alkanes of at least 4 members (excludes halogenated alkanes) is 2. The minimum absolute atomic E-state index is 0.0536. The van der Waals surface area contributed by atoms with Crippen LogP contribution >= 0.6 is 0 Å². The van der Waals surface area contributed by atoms with Crippen molar-refractivity contribution in [3.05, 3.63) is 70.8 Å². The van der Waals surface area contributed by atoms with Crippen molar-refractivity contribution in [1.82, 2.24) is 10.0 Å². The summed E-state index contributed by atoms with van der Waals surface area (Å²) in [5.74, 6) is -2.52. The van der Waals surface area contributed by atoms with Gasteiger partial charge in [-0.05, 0) is 71.9 Å². The molecule has 1 aliphatic heterocycles. The van der Waals surface area contributed by atoms with E-state index < -0.39 is 63.4 Å². The molecular weight excluding hydrogens is 638 g/mol. The van der Waals surface area contributed by atoms with Crippen molar-refractivity contribution in [2.45, 2.75) is 94.3 Å². The second-order valence-corrected chi connectivity index (χ2v) is 14.6. The molecule has 1 atom stereocenters. The van der Waals surface area contributed by atoms with E-state index in [-0.39, 0.29) is 47.3 Å². The van der Waals surface area contributed by atoms with E-state index in [1.807, 2.05) is 30.8 Å². The number of ether oxygens (including phenoxy) is 1. The SMILES string of the molecule is CC(C)(C)c1ccc(C2=C(C(=O)NS(=O)(=O)C3CC3)C(=O)NC(c3ccc(OCCCCCC(F)(F)F)cc3)(C(F)(F)F)C2)cc1. The molecule has 2 aromatic carbocycles. The van der Waals surface area contributed by atoms with E-state index in [1.165, 1.54) is 24.3 Å². The lowest BCUT2D eigenvalue weighted by atomic mass is 9.76. The van der Waals surface area contributed by atoms with Crippen molar-refractivity contribution in [2.75, 3.05) is 6.61 Å². The molecule has 1 unspecified atom stereocenters. The number of rotatable bonds is 11. The van der Waals surface area contributed by atoms with Gasteiger partial charge in [0.15, 0.2) is 5.54 Å². The maximum absolute atomic E-state index is 15.0.